The largest absolute Gasteiger partial charge is 0.466 e. The lowest BCUT2D eigenvalue weighted by Crippen LogP contribution is -2.44. The molecule has 0 saturated heterocycles. The number of aliphatic hydroxyl groups is 2. The van der Waals surface area contributed by atoms with Crippen molar-refractivity contribution < 1.29 is 19.7 Å². The molecule has 0 spiro atoms. The van der Waals surface area contributed by atoms with Crippen molar-refractivity contribution >= 4 is 13.8 Å². The highest BCUT2D eigenvalue weighted by Crippen LogP contribution is 2.36. The summed E-state index contributed by atoms with van der Waals surface area (Å²) in [6.07, 6.45) is 1.61. The van der Waals surface area contributed by atoms with Crippen molar-refractivity contribution in [2.45, 2.75) is 64.5 Å². The van der Waals surface area contributed by atoms with Crippen molar-refractivity contribution in [1.82, 2.24) is 0 Å². The molecular formula is C13H25BO4. The van der Waals surface area contributed by atoms with Crippen LogP contribution in [0.5, 0.6) is 0 Å². The molecule has 2 radical (unpaired) electrons. The maximum atomic E-state index is 10.9. The molecule has 0 heterocycles. The van der Waals surface area contributed by atoms with E-state index in [0.717, 1.165) is 12.8 Å². The van der Waals surface area contributed by atoms with Crippen LogP contribution in [-0.2, 0) is 9.53 Å². The van der Waals surface area contributed by atoms with Crippen LogP contribution in [0.2, 0.25) is 5.82 Å². The van der Waals surface area contributed by atoms with Crippen molar-refractivity contribution in [3.63, 3.8) is 0 Å². The van der Waals surface area contributed by atoms with E-state index in [0.29, 0.717) is 6.61 Å². The van der Waals surface area contributed by atoms with E-state index in [1.54, 1.807) is 27.7 Å². The van der Waals surface area contributed by atoms with E-state index in [2.05, 4.69) is 0 Å². The summed E-state index contributed by atoms with van der Waals surface area (Å²) in [4.78, 5) is 10.9. The number of carbonyl (C=O) groups excluding carboxylic acids is 1. The molecule has 1 fully saturated rings. The van der Waals surface area contributed by atoms with Gasteiger partial charge in [0.25, 0.3) is 0 Å². The summed E-state index contributed by atoms with van der Waals surface area (Å²) >= 11 is 0. The summed E-state index contributed by atoms with van der Waals surface area (Å²) in [6.45, 7) is 8.60. The Bertz CT molecular complexity index is 247. The van der Waals surface area contributed by atoms with Crippen LogP contribution < -0.4 is 0 Å². The Kier molecular flexibility index (Phi) is 6.37. The Labute approximate surface area is 111 Å². The van der Waals surface area contributed by atoms with Crippen LogP contribution in [0.15, 0.2) is 0 Å². The molecule has 104 valence electrons. The maximum absolute atomic E-state index is 10.9. The average Bonchev–Trinajstić information content (AvgIpc) is 2.11. The minimum atomic E-state index is -1.01. The summed E-state index contributed by atoms with van der Waals surface area (Å²) < 4.78 is 4.80. The van der Waals surface area contributed by atoms with E-state index in [9.17, 15) is 4.79 Å². The fourth-order valence-corrected chi connectivity index (χ4v) is 1.11. The SMILES string of the molecule is CC(C)(O)C(C)(C)O.[B]C1CC(C(=O)OCC)C1. The summed E-state index contributed by atoms with van der Waals surface area (Å²) in [6, 6.07) is 0. The fraction of sp³-hybridized carbons (Fsp3) is 0.923. The third kappa shape index (κ3) is 5.87. The molecule has 0 bridgehead atoms. The third-order valence-electron chi connectivity index (χ3n) is 3.29. The lowest BCUT2D eigenvalue weighted by atomic mass is 9.64. The molecule has 0 atom stereocenters. The number of ether oxygens (including phenoxy) is 1. The summed E-state index contributed by atoms with van der Waals surface area (Å²) in [5.41, 5.74) is -2.01. The quantitative estimate of drug-likeness (QED) is 0.592. The molecule has 1 aliphatic carbocycles. The van der Waals surface area contributed by atoms with Crippen LogP contribution in [0.3, 0.4) is 0 Å². The van der Waals surface area contributed by atoms with Crippen LogP contribution >= 0.6 is 0 Å². The molecule has 0 amide bonds. The van der Waals surface area contributed by atoms with Gasteiger partial charge in [-0.25, -0.2) is 0 Å². The number of hydrogen-bond acceptors (Lipinski definition) is 4. The normalized spacial score (nSPS) is 23.5. The van der Waals surface area contributed by atoms with Gasteiger partial charge in [-0.05, 0) is 47.5 Å². The van der Waals surface area contributed by atoms with Crippen LogP contribution in [0, 0.1) is 5.92 Å². The first kappa shape index (κ1) is 17.5. The van der Waals surface area contributed by atoms with Gasteiger partial charge in [-0.2, -0.15) is 0 Å². The lowest BCUT2D eigenvalue weighted by molar-refractivity contribution is -0.150. The molecule has 1 aliphatic rings. The van der Waals surface area contributed by atoms with Gasteiger partial charge in [0, 0.05) is 0 Å². The van der Waals surface area contributed by atoms with Gasteiger partial charge in [0.1, 0.15) is 0 Å². The molecule has 5 heteroatoms. The molecule has 1 saturated carbocycles. The van der Waals surface area contributed by atoms with Gasteiger partial charge in [0.15, 0.2) is 0 Å². The highest BCUT2D eigenvalue weighted by Gasteiger charge is 2.32. The second-order valence-electron chi connectivity index (χ2n) is 5.80. The van der Waals surface area contributed by atoms with Gasteiger partial charge >= 0.3 is 5.97 Å². The molecule has 0 aromatic heterocycles. The van der Waals surface area contributed by atoms with Crippen molar-refractivity contribution in [1.29, 1.82) is 0 Å². The standard InChI is InChI=1S/C7H11BO2.C6H14O2/c1-2-10-7(9)5-3-6(8)4-5;1-5(2,7)6(3,4)8/h5-6H,2-4H2,1H3;7-8H,1-4H3. The maximum Gasteiger partial charge on any atom is 0.308 e. The first-order valence-corrected chi connectivity index (χ1v) is 6.36. The molecule has 0 aromatic rings. The highest BCUT2D eigenvalue weighted by atomic mass is 16.5. The Morgan fingerprint density at radius 2 is 1.61 bits per heavy atom. The first-order valence-electron chi connectivity index (χ1n) is 6.36. The Hall–Kier alpha value is -0.545. The van der Waals surface area contributed by atoms with Crippen LogP contribution in [-0.4, -0.2) is 41.8 Å². The van der Waals surface area contributed by atoms with Gasteiger partial charge in [-0.15, -0.1) is 0 Å². The van der Waals surface area contributed by atoms with Crippen molar-refractivity contribution in [3.8, 4) is 0 Å². The van der Waals surface area contributed by atoms with Gasteiger partial charge in [-0.3, -0.25) is 4.79 Å². The zero-order chi connectivity index (χ0) is 14.6. The Morgan fingerprint density at radius 1 is 1.22 bits per heavy atom. The van der Waals surface area contributed by atoms with Crippen LogP contribution in [0.4, 0.5) is 0 Å². The third-order valence-corrected chi connectivity index (χ3v) is 3.29. The van der Waals surface area contributed by atoms with Crippen LogP contribution in [0.1, 0.15) is 47.5 Å². The Balaban J connectivity index is 0.000000331. The van der Waals surface area contributed by atoms with E-state index in [-0.39, 0.29) is 17.7 Å². The predicted molar refractivity (Wildman–Crippen MR) is 71.5 cm³/mol. The number of rotatable bonds is 3. The molecule has 0 aliphatic heterocycles. The number of carbonyl (C=O) groups is 1. The molecular weight excluding hydrogens is 231 g/mol. The van der Waals surface area contributed by atoms with Gasteiger partial charge in [-0.1, -0.05) is 5.82 Å². The minimum absolute atomic E-state index is 0.0794. The summed E-state index contributed by atoms with van der Waals surface area (Å²) in [5, 5.41) is 18.2. The molecule has 2 N–H and O–H groups in total. The number of esters is 1. The predicted octanol–water partition coefficient (Wildman–Crippen LogP) is 1.44. The van der Waals surface area contributed by atoms with E-state index in [1.165, 1.54) is 0 Å². The zero-order valence-corrected chi connectivity index (χ0v) is 12.1. The van der Waals surface area contributed by atoms with E-state index >= 15 is 0 Å². The topological polar surface area (TPSA) is 66.8 Å². The van der Waals surface area contributed by atoms with Gasteiger partial charge in [0.2, 0.25) is 0 Å². The zero-order valence-electron chi connectivity index (χ0n) is 12.1. The minimum Gasteiger partial charge on any atom is -0.466 e. The van der Waals surface area contributed by atoms with Gasteiger partial charge < -0.3 is 14.9 Å². The summed E-state index contributed by atoms with van der Waals surface area (Å²) in [7, 11) is 5.50. The first-order chi connectivity index (χ1) is 7.99. The molecule has 0 unspecified atom stereocenters. The Morgan fingerprint density at radius 3 is 1.83 bits per heavy atom. The summed E-state index contributed by atoms with van der Waals surface area (Å²) in [5.74, 6) is 0.244. The van der Waals surface area contributed by atoms with E-state index < -0.39 is 11.2 Å². The second-order valence-corrected chi connectivity index (χ2v) is 5.80. The van der Waals surface area contributed by atoms with Crippen molar-refractivity contribution in [2.24, 2.45) is 5.92 Å². The smallest absolute Gasteiger partial charge is 0.308 e. The van der Waals surface area contributed by atoms with Crippen molar-refractivity contribution in [3.05, 3.63) is 0 Å². The monoisotopic (exact) mass is 256 g/mol. The van der Waals surface area contributed by atoms with E-state index in [1.807, 2.05) is 6.92 Å². The second kappa shape index (κ2) is 6.57. The van der Waals surface area contributed by atoms with Crippen LogP contribution in [0.25, 0.3) is 0 Å². The van der Waals surface area contributed by atoms with Crippen molar-refractivity contribution in [2.75, 3.05) is 6.61 Å². The van der Waals surface area contributed by atoms with Gasteiger partial charge in [0.05, 0.1) is 31.6 Å². The van der Waals surface area contributed by atoms with E-state index in [4.69, 9.17) is 22.8 Å². The average molecular weight is 256 g/mol. The fourth-order valence-electron chi connectivity index (χ4n) is 1.11. The molecule has 0 aromatic carbocycles. The number of hydrogen-bond donors (Lipinski definition) is 2. The molecule has 1 rings (SSSR count). The lowest BCUT2D eigenvalue weighted by Gasteiger charge is -2.31. The highest BCUT2D eigenvalue weighted by molar-refractivity contribution is 6.12. The molecule has 4 nitrogen and oxygen atoms in total. The molecule has 18 heavy (non-hydrogen) atoms.